The van der Waals surface area contributed by atoms with Gasteiger partial charge in [0.2, 0.25) is 10.0 Å². The maximum absolute atomic E-state index is 12.9. The van der Waals surface area contributed by atoms with Gasteiger partial charge in [-0.2, -0.15) is 4.31 Å². The van der Waals surface area contributed by atoms with Gasteiger partial charge in [-0.1, -0.05) is 19.9 Å². The third-order valence-corrected chi connectivity index (χ3v) is 5.98. The summed E-state index contributed by atoms with van der Waals surface area (Å²) >= 11 is 0. The molecule has 1 atom stereocenters. The lowest BCUT2D eigenvalue weighted by Crippen LogP contribution is -2.38. The first-order chi connectivity index (χ1) is 9.91. The van der Waals surface area contributed by atoms with E-state index in [1.807, 2.05) is 13.8 Å². The number of hydrogen-bond donors (Lipinski definition) is 1. The van der Waals surface area contributed by atoms with Crippen molar-refractivity contribution in [1.82, 2.24) is 4.31 Å². The average Bonchev–Trinajstić information content (AvgIpc) is 2.96. The van der Waals surface area contributed by atoms with Crippen LogP contribution in [0.4, 0.5) is 0 Å². The fourth-order valence-corrected chi connectivity index (χ4v) is 4.84. The summed E-state index contributed by atoms with van der Waals surface area (Å²) in [5.74, 6) is 0.570. The summed E-state index contributed by atoms with van der Waals surface area (Å²) in [5.41, 5.74) is 0.632. The monoisotopic (exact) mass is 313 g/mol. The Bertz CT molecular complexity index is 598. The number of nitrogens with zero attached hydrogens (tertiary/aromatic N) is 1. The van der Waals surface area contributed by atoms with Crippen LogP contribution in [-0.4, -0.2) is 37.5 Å². The topological polar surface area (TPSA) is 66.8 Å². The largest absolute Gasteiger partial charge is 0.495 e. The van der Waals surface area contributed by atoms with E-state index in [4.69, 9.17) is 9.84 Å². The van der Waals surface area contributed by atoms with Crippen LogP contribution in [0.5, 0.6) is 5.75 Å². The third kappa shape index (κ3) is 3.07. The van der Waals surface area contributed by atoms with Crippen molar-refractivity contribution in [1.29, 1.82) is 0 Å². The number of ether oxygens (including phenoxy) is 1. The quantitative estimate of drug-likeness (QED) is 0.903. The fourth-order valence-electron chi connectivity index (χ4n) is 2.88. The van der Waals surface area contributed by atoms with E-state index in [-0.39, 0.29) is 29.2 Å². The van der Waals surface area contributed by atoms with Gasteiger partial charge in [0.1, 0.15) is 10.6 Å². The zero-order valence-corrected chi connectivity index (χ0v) is 13.6. The lowest BCUT2D eigenvalue weighted by Gasteiger charge is -2.27. The van der Waals surface area contributed by atoms with E-state index < -0.39 is 10.0 Å². The van der Waals surface area contributed by atoms with Crippen molar-refractivity contribution in [2.45, 2.75) is 44.2 Å². The van der Waals surface area contributed by atoms with E-state index in [0.717, 1.165) is 12.8 Å². The Labute approximate surface area is 126 Å². The van der Waals surface area contributed by atoms with Crippen LogP contribution < -0.4 is 4.74 Å². The van der Waals surface area contributed by atoms with Crippen molar-refractivity contribution in [3.8, 4) is 5.75 Å². The number of aliphatic hydroxyl groups excluding tert-OH is 1. The number of hydrogen-bond acceptors (Lipinski definition) is 4. The maximum Gasteiger partial charge on any atom is 0.247 e. The van der Waals surface area contributed by atoms with Crippen LogP contribution in [0.3, 0.4) is 0 Å². The molecule has 0 aliphatic carbocycles. The summed E-state index contributed by atoms with van der Waals surface area (Å²) in [6, 6.07) is 4.76. The molecule has 0 saturated carbocycles. The summed E-state index contributed by atoms with van der Waals surface area (Å²) in [4.78, 5) is 0.176. The average molecular weight is 313 g/mol. The summed E-state index contributed by atoms with van der Waals surface area (Å²) in [5, 5.41) is 9.16. The van der Waals surface area contributed by atoms with E-state index in [0.29, 0.717) is 12.1 Å². The van der Waals surface area contributed by atoms with Crippen LogP contribution in [-0.2, 0) is 16.6 Å². The molecular weight excluding hydrogens is 290 g/mol. The Balaban J connectivity index is 2.44. The standard InChI is InChI=1S/C15H23NO4S/c1-11(2)13-5-4-8-16(13)21(18,19)15-7-6-12(10-17)9-14(15)20-3/h6-7,9,11,13,17H,4-5,8,10H2,1-3H3. The molecule has 1 N–H and O–H groups in total. The summed E-state index contributed by atoms with van der Waals surface area (Å²) in [6.07, 6.45) is 1.78. The minimum absolute atomic E-state index is 0.0391. The second-order valence-electron chi connectivity index (χ2n) is 5.71. The Morgan fingerprint density at radius 3 is 2.71 bits per heavy atom. The Morgan fingerprint density at radius 2 is 2.14 bits per heavy atom. The molecule has 21 heavy (non-hydrogen) atoms. The van der Waals surface area contributed by atoms with Crippen molar-refractivity contribution in [3.05, 3.63) is 23.8 Å². The number of aliphatic hydroxyl groups is 1. The predicted molar refractivity (Wildman–Crippen MR) is 80.7 cm³/mol. The van der Waals surface area contributed by atoms with Gasteiger partial charge in [-0.3, -0.25) is 0 Å². The molecule has 0 bridgehead atoms. The van der Waals surface area contributed by atoms with Crippen molar-refractivity contribution < 1.29 is 18.3 Å². The molecule has 2 rings (SSSR count). The molecule has 6 heteroatoms. The zero-order chi connectivity index (χ0) is 15.6. The first-order valence-corrected chi connectivity index (χ1v) is 8.65. The highest BCUT2D eigenvalue weighted by atomic mass is 32.2. The fraction of sp³-hybridized carbons (Fsp3) is 0.600. The smallest absolute Gasteiger partial charge is 0.247 e. The molecule has 0 aromatic heterocycles. The van der Waals surface area contributed by atoms with E-state index in [1.54, 1.807) is 16.4 Å². The Hall–Kier alpha value is -1.11. The number of methoxy groups -OCH3 is 1. The molecule has 0 amide bonds. The molecule has 0 spiro atoms. The molecule has 1 saturated heterocycles. The van der Waals surface area contributed by atoms with Crippen molar-refractivity contribution in [2.75, 3.05) is 13.7 Å². The molecule has 1 aliphatic rings. The summed E-state index contributed by atoms with van der Waals surface area (Å²) < 4.78 is 32.6. The number of sulfonamides is 1. The second-order valence-corrected chi connectivity index (χ2v) is 7.57. The highest BCUT2D eigenvalue weighted by Crippen LogP contribution is 2.34. The van der Waals surface area contributed by atoms with Gasteiger partial charge in [-0.25, -0.2) is 8.42 Å². The van der Waals surface area contributed by atoms with E-state index >= 15 is 0 Å². The number of benzene rings is 1. The van der Waals surface area contributed by atoms with Gasteiger partial charge < -0.3 is 9.84 Å². The minimum atomic E-state index is -3.57. The van der Waals surface area contributed by atoms with Gasteiger partial charge in [0.25, 0.3) is 0 Å². The van der Waals surface area contributed by atoms with Crippen LogP contribution in [0.15, 0.2) is 23.1 Å². The Morgan fingerprint density at radius 1 is 1.43 bits per heavy atom. The van der Waals surface area contributed by atoms with Crippen molar-refractivity contribution in [2.24, 2.45) is 5.92 Å². The van der Waals surface area contributed by atoms with Gasteiger partial charge in [0, 0.05) is 12.6 Å². The molecule has 1 aromatic rings. The first-order valence-electron chi connectivity index (χ1n) is 7.21. The van der Waals surface area contributed by atoms with Gasteiger partial charge in [0.15, 0.2) is 0 Å². The molecular formula is C15H23NO4S. The second kappa shape index (κ2) is 6.34. The van der Waals surface area contributed by atoms with Crippen LogP contribution in [0.25, 0.3) is 0 Å². The van der Waals surface area contributed by atoms with Crippen LogP contribution in [0, 0.1) is 5.92 Å². The van der Waals surface area contributed by atoms with E-state index in [1.165, 1.54) is 13.2 Å². The zero-order valence-electron chi connectivity index (χ0n) is 12.7. The first kappa shape index (κ1) is 16.3. The number of rotatable bonds is 5. The van der Waals surface area contributed by atoms with Gasteiger partial charge in [-0.05, 0) is 36.5 Å². The summed E-state index contributed by atoms with van der Waals surface area (Å²) in [7, 11) is -2.13. The highest BCUT2D eigenvalue weighted by Gasteiger charge is 2.38. The highest BCUT2D eigenvalue weighted by molar-refractivity contribution is 7.89. The predicted octanol–water partition coefficient (Wildman–Crippen LogP) is 2.00. The maximum atomic E-state index is 12.9. The molecule has 5 nitrogen and oxygen atoms in total. The molecule has 1 heterocycles. The normalized spacial score (nSPS) is 20.1. The van der Waals surface area contributed by atoms with Crippen molar-refractivity contribution in [3.63, 3.8) is 0 Å². The SMILES string of the molecule is COc1cc(CO)ccc1S(=O)(=O)N1CCCC1C(C)C. The molecule has 1 unspecified atom stereocenters. The van der Waals surface area contributed by atoms with Gasteiger partial charge in [0.05, 0.1) is 13.7 Å². The van der Waals surface area contributed by atoms with Crippen LogP contribution >= 0.6 is 0 Å². The molecule has 1 aliphatic heterocycles. The Kier molecular flexibility index (Phi) is 4.91. The third-order valence-electron chi connectivity index (χ3n) is 4.02. The minimum Gasteiger partial charge on any atom is -0.495 e. The van der Waals surface area contributed by atoms with E-state index in [9.17, 15) is 8.42 Å². The van der Waals surface area contributed by atoms with E-state index in [2.05, 4.69) is 0 Å². The molecule has 0 radical (unpaired) electrons. The lowest BCUT2D eigenvalue weighted by atomic mass is 10.0. The molecule has 1 fully saturated rings. The molecule has 1 aromatic carbocycles. The lowest BCUT2D eigenvalue weighted by molar-refractivity contribution is 0.280. The summed E-state index contributed by atoms with van der Waals surface area (Å²) in [6.45, 7) is 4.50. The van der Waals surface area contributed by atoms with Crippen LogP contribution in [0.1, 0.15) is 32.3 Å². The molecule has 118 valence electrons. The van der Waals surface area contributed by atoms with Gasteiger partial charge >= 0.3 is 0 Å². The van der Waals surface area contributed by atoms with Crippen molar-refractivity contribution >= 4 is 10.0 Å². The van der Waals surface area contributed by atoms with Gasteiger partial charge in [-0.15, -0.1) is 0 Å². The van der Waals surface area contributed by atoms with Crippen LogP contribution in [0.2, 0.25) is 0 Å².